The van der Waals surface area contributed by atoms with Crippen molar-refractivity contribution in [2.75, 3.05) is 45.9 Å². The highest BCUT2D eigenvalue weighted by Gasteiger charge is 2.43. The Morgan fingerprint density at radius 1 is 0.823 bits per heavy atom. The molecule has 0 bridgehead atoms. The summed E-state index contributed by atoms with van der Waals surface area (Å²) in [6.07, 6.45) is 1.47. The third-order valence-corrected chi connectivity index (χ3v) is 13.4. The van der Waals surface area contributed by atoms with Gasteiger partial charge in [0.25, 0.3) is 0 Å². The number of nitrogens with two attached hydrogens (primary N) is 1. The van der Waals surface area contributed by atoms with Crippen molar-refractivity contribution in [3.8, 4) is 0 Å². The Balaban J connectivity index is 1.82. The monoisotopic (exact) mass is 862 g/mol. The Morgan fingerprint density at radius 2 is 1.45 bits per heavy atom. The minimum atomic E-state index is -0.644. The van der Waals surface area contributed by atoms with E-state index in [1.165, 1.54) is 0 Å². The van der Waals surface area contributed by atoms with Crippen molar-refractivity contribution in [3.63, 3.8) is 0 Å². The summed E-state index contributed by atoms with van der Waals surface area (Å²) >= 11 is 0. The number of likely N-dealkylation sites (N-methyl/N-ethyl adjacent to an activating group) is 2. The van der Waals surface area contributed by atoms with Crippen LogP contribution >= 0.6 is 0 Å². The maximum atomic E-state index is 14.5. The van der Waals surface area contributed by atoms with Crippen molar-refractivity contribution in [2.24, 2.45) is 35.5 Å². The minimum absolute atomic E-state index is 0.00435. The van der Waals surface area contributed by atoms with E-state index in [0.29, 0.717) is 30.8 Å². The number of methoxy groups -OCH3 is 2. The van der Waals surface area contributed by atoms with Crippen molar-refractivity contribution in [2.45, 2.75) is 144 Å². The Labute approximate surface area is 373 Å². The smallest absolute Gasteiger partial charge is 0.228 e. The van der Waals surface area contributed by atoms with Gasteiger partial charge < -0.3 is 30.3 Å². The van der Waals surface area contributed by atoms with E-state index in [-0.39, 0.29) is 84.4 Å². The van der Waals surface area contributed by atoms with E-state index in [9.17, 15) is 24.0 Å². The summed E-state index contributed by atoms with van der Waals surface area (Å²) in [6.45, 7) is 18.7. The summed E-state index contributed by atoms with van der Waals surface area (Å²) in [7, 11) is 6.91. The van der Waals surface area contributed by atoms with E-state index >= 15 is 0 Å². The highest BCUT2D eigenvalue weighted by molar-refractivity contribution is 5.96. The van der Waals surface area contributed by atoms with Gasteiger partial charge in [-0.25, -0.2) is 0 Å². The second kappa shape index (κ2) is 24.6. The number of ketones is 2. The number of hydrogen-bond acceptors (Lipinski definition) is 9. The van der Waals surface area contributed by atoms with Crippen LogP contribution in [0.15, 0.2) is 54.6 Å². The van der Waals surface area contributed by atoms with Crippen LogP contribution in [0, 0.1) is 35.5 Å². The lowest BCUT2D eigenvalue weighted by Gasteiger charge is -2.41. The van der Waals surface area contributed by atoms with Crippen molar-refractivity contribution in [1.82, 2.24) is 14.7 Å². The average molecular weight is 862 g/mol. The molecule has 1 aliphatic heterocycles. The molecule has 1 heterocycles. The molecule has 0 saturated carbocycles. The molecule has 1 unspecified atom stereocenters. The van der Waals surface area contributed by atoms with Crippen LogP contribution in [0.2, 0.25) is 0 Å². The first-order valence-electron chi connectivity index (χ1n) is 22.9. The molecule has 2 aromatic rings. The predicted octanol–water partition coefficient (Wildman–Crippen LogP) is 7.54. The SMILES string of the molecule is CC[C@H](C)C([C@@H](CC(=O)N1CCC[C@H]1[C@H](OC)[C@@H](C)C(=O)C[C@@H](Cc1ccccc1)C(=O)Nc1ccc(N)cc1)OC)N(C)C(=O)[C@@H](CC(=O)[C@H](C(C)C)N(C)C(C)C)C(C)C. The van der Waals surface area contributed by atoms with E-state index < -0.39 is 36.0 Å². The van der Waals surface area contributed by atoms with Gasteiger partial charge in [0.1, 0.15) is 5.78 Å². The van der Waals surface area contributed by atoms with E-state index in [1.54, 1.807) is 50.4 Å². The number of nitrogen functional groups attached to an aromatic ring is 1. The maximum absolute atomic E-state index is 14.5. The van der Waals surface area contributed by atoms with Crippen LogP contribution in [0.4, 0.5) is 11.4 Å². The zero-order valence-corrected chi connectivity index (χ0v) is 40.1. The van der Waals surface area contributed by atoms with Crippen molar-refractivity contribution < 1.29 is 33.4 Å². The van der Waals surface area contributed by atoms with Gasteiger partial charge in [0.05, 0.1) is 36.8 Å². The quantitative estimate of drug-likeness (QED) is 0.0966. The molecule has 62 heavy (non-hydrogen) atoms. The molecule has 0 aliphatic carbocycles. The zero-order valence-electron chi connectivity index (χ0n) is 40.1. The summed E-state index contributed by atoms with van der Waals surface area (Å²) in [5.41, 5.74) is 7.98. The standard InChI is InChI=1S/C50H79N5O7/c1-14-34(8)47(54(11)50(60)40(31(2)3)29-43(57)46(32(4)5)53(10)33(6)7)44(61-12)30-45(58)55-26-18-21-41(55)48(62-13)35(9)42(56)28-37(27-36-19-16-15-17-20-36)49(59)52-39-24-22-38(51)23-25-39/h15-17,19-20,22-25,31-35,37,40-41,44,46-48H,14,18,21,26-30,51H2,1-13H3,(H,52,59)/t34-,35-,37+,40-,41-,44+,46-,47?,48+/m0/s1. The minimum Gasteiger partial charge on any atom is -0.399 e. The number of anilines is 2. The predicted molar refractivity (Wildman–Crippen MR) is 248 cm³/mol. The summed E-state index contributed by atoms with van der Waals surface area (Å²) in [5.74, 6) is -2.38. The van der Waals surface area contributed by atoms with Gasteiger partial charge in [-0.2, -0.15) is 0 Å². The Hall–Kier alpha value is -4.13. The summed E-state index contributed by atoms with van der Waals surface area (Å²) in [5, 5.41) is 2.97. The summed E-state index contributed by atoms with van der Waals surface area (Å²) in [4.78, 5) is 76.4. The van der Waals surface area contributed by atoms with Gasteiger partial charge in [-0.3, -0.25) is 28.9 Å². The van der Waals surface area contributed by atoms with Gasteiger partial charge in [-0.1, -0.05) is 85.2 Å². The molecule has 0 radical (unpaired) electrons. The fraction of sp³-hybridized carbons (Fsp3) is 0.660. The summed E-state index contributed by atoms with van der Waals surface area (Å²) in [6, 6.07) is 15.6. The normalized spacial score (nSPS) is 18.3. The molecule has 12 nitrogen and oxygen atoms in total. The number of rotatable bonds is 25. The molecule has 3 N–H and O–H groups in total. The molecule has 346 valence electrons. The number of Topliss-reactive ketones (excluding diaryl/α,β-unsaturated/α-hetero) is 2. The molecule has 1 saturated heterocycles. The van der Waals surface area contributed by atoms with Gasteiger partial charge >= 0.3 is 0 Å². The number of ether oxygens (including phenoxy) is 2. The molecule has 3 rings (SSSR count). The maximum Gasteiger partial charge on any atom is 0.228 e. The molecule has 2 aromatic carbocycles. The number of amides is 3. The van der Waals surface area contributed by atoms with Crippen LogP contribution in [-0.4, -0.2) is 115 Å². The van der Waals surface area contributed by atoms with Crippen molar-refractivity contribution in [3.05, 3.63) is 60.2 Å². The average Bonchev–Trinajstić information content (AvgIpc) is 3.72. The van der Waals surface area contributed by atoms with E-state index in [0.717, 1.165) is 18.4 Å². The number of nitrogens with zero attached hydrogens (tertiary/aromatic N) is 3. The van der Waals surface area contributed by atoms with Crippen molar-refractivity contribution >= 4 is 40.7 Å². The Bertz CT molecular complexity index is 1730. The molecule has 1 fully saturated rings. The Morgan fingerprint density at radius 3 is 1.98 bits per heavy atom. The van der Waals surface area contributed by atoms with Gasteiger partial charge in [0, 0.05) is 75.8 Å². The lowest BCUT2D eigenvalue weighted by molar-refractivity contribution is -0.149. The Kier molecular flexibility index (Phi) is 20.8. The van der Waals surface area contributed by atoms with Crippen LogP contribution in [0.5, 0.6) is 0 Å². The number of likely N-dealkylation sites (tertiary alicyclic amines) is 1. The molecule has 0 aromatic heterocycles. The van der Waals surface area contributed by atoms with Crippen LogP contribution < -0.4 is 11.1 Å². The number of nitrogens with one attached hydrogen (secondary N) is 1. The second-order valence-electron chi connectivity index (χ2n) is 18.7. The number of carbonyl (C=O) groups excluding carboxylic acids is 5. The molecule has 0 spiro atoms. The highest BCUT2D eigenvalue weighted by Crippen LogP contribution is 2.32. The van der Waals surface area contributed by atoms with Crippen LogP contribution in [-0.2, 0) is 39.9 Å². The molecular formula is C50H79N5O7. The van der Waals surface area contributed by atoms with Gasteiger partial charge in [-0.15, -0.1) is 0 Å². The largest absolute Gasteiger partial charge is 0.399 e. The number of benzene rings is 2. The van der Waals surface area contributed by atoms with Crippen molar-refractivity contribution in [1.29, 1.82) is 0 Å². The third kappa shape index (κ3) is 13.9. The van der Waals surface area contributed by atoms with Crippen LogP contribution in [0.3, 0.4) is 0 Å². The highest BCUT2D eigenvalue weighted by atomic mass is 16.5. The molecule has 1 aliphatic rings. The van der Waals surface area contributed by atoms with E-state index in [2.05, 4.69) is 37.9 Å². The molecular weight excluding hydrogens is 783 g/mol. The van der Waals surface area contributed by atoms with Gasteiger partial charge in [-0.05, 0) is 87.7 Å². The van der Waals surface area contributed by atoms with Gasteiger partial charge in [0.2, 0.25) is 17.7 Å². The summed E-state index contributed by atoms with van der Waals surface area (Å²) < 4.78 is 12.2. The first-order valence-corrected chi connectivity index (χ1v) is 22.9. The molecule has 3 amide bonds. The fourth-order valence-electron chi connectivity index (χ4n) is 9.33. The third-order valence-electron chi connectivity index (χ3n) is 13.4. The van der Waals surface area contributed by atoms with Crippen LogP contribution in [0.1, 0.15) is 106 Å². The first kappa shape index (κ1) is 52.2. The van der Waals surface area contributed by atoms with Crippen LogP contribution in [0.25, 0.3) is 0 Å². The zero-order chi connectivity index (χ0) is 46.4. The molecule has 9 atom stereocenters. The topological polar surface area (TPSA) is 152 Å². The number of carbonyl (C=O) groups is 5. The fourth-order valence-corrected chi connectivity index (χ4v) is 9.33. The van der Waals surface area contributed by atoms with E-state index in [1.807, 2.05) is 76.9 Å². The lowest BCUT2D eigenvalue weighted by atomic mass is 9.83. The van der Waals surface area contributed by atoms with E-state index in [4.69, 9.17) is 15.2 Å². The first-order chi connectivity index (χ1) is 29.3. The van der Waals surface area contributed by atoms with Gasteiger partial charge in [0.15, 0.2) is 5.78 Å². The second-order valence-corrected chi connectivity index (χ2v) is 18.7. The molecule has 12 heteroatoms. The number of hydrogen-bond donors (Lipinski definition) is 2. The lowest BCUT2D eigenvalue weighted by Crippen LogP contribution is -2.54.